The normalized spacial score (nSPS) is 16.8. The zero-order valence-electron chi connectivity index (χ0n) is 15.4. The quantitative estimate of drug-likeness (QED) is 0.785. The number of piperazine rings is 1. The first-order valence-corrected chi connectivity index (χ1v) is 9.36. The van der Waals surface area contributed by atoms with Crippen LogP contribution in [0.5, 0.6) is 0 Å². The third-order valence-electron chi connectivity index (χ3n) is 4.88. The second-order valence-electron chi connectivity index (χ2n) is 6.76. The Labute approximate surface area is 159 Å². The number of aliphatic hydroxyl groups is 1. The van der Waals surface area contributed by atoms with Gasteiger partial charge in [0.05, 0.1) is 0 Å². The topological polar surface area (TPSA) is 55.8 Å². The number of aliphatic hydroxyl groups excluding tert-OH is 1. The number of anilines is 1. The summed E-state index contributed by atoms with van der Waals surface area (Å²) in [4.78, 5) is 17.6. The summed E-state index contributed by atoms with van der Waals surface area (Å²) in [5, 5.41) is 11.9. The van der Waals surface area contributed by atoms with E-state index in [1.807, 2.05) is 30.3 Å². The third-order valence-corrected chi connectivity index (χ3v) is 4.88. The van der Waals surface area contributed by atoms with Gasteiger partial charge in [0.1, 0.15) is 11.9 Å². The van der Waals surface area contributed by atoms with Crippen molar-refractivity contribution in [1.29, 1.82) is 0 Å². The number of carbonyl (C=O) groups is 1. The molecule has 1 fully saturated rings. The van der Waals surface area contributed by atoms with Gasteiger partial charge in [0, 0.05) is 45.0 Å². The Morgan fingerprint density at radius 1 is 1.04 bits per heavy atom. The average molecular weight is 371 g/mol. The van der Waals surface area contributed by atoms with Crippen LogP contribution in [-0.4, -0.2) is 60.1 Å². The molecule has 1 aliphatic rings. The van der Waals surface area contributed by atoms with Crippen LogP contribution in [0.25, 0.3) is 0 Å². The SMILES string of the molecule is O=C(Nc1ccc(F)cc1)C(c1ccccc1)N1CCN(CCCO)CC1. The van der Waals surface area contributed by atoms with Crippen LogP contribution in [0.2, 0.25) is 0 Å². The number of hydrogen-bond acceptors (Lipinski definition) is 4. The summed E-state index contributed by atoms with van der Waals surface area (Å²) in [5.74, 6) is -0.441. The van der Waals surface area contributed by atoms with Gasteiger partial charge in [0.2, 0.25) is 5.91 Å². The molecule has 0 radical (unpaired) electrons. The van der Waals surface area contributed by atoms with Crippen molar-refractivity contribution in [2.75, 3.05) is 44.6 Å². The number of nitrogens with zero attached hydrogens (tertiary/aromatic N) is 2. The molecule has 1 amide bonds. The lowest BCUT2D eigenvalue weighted by Gasteiger charge is -2.38. The van der Waals surface area contributed by atoms with E-state index in [0.29, 0.717) is 5.69 Å². The van der Waals surface area contributed by atoms with Gasteiger partial charge in [0.15, 0.2) is 0 Å². The summed E-state index contributed by atoms with van der Waals surface area (Å²) in [5.41, 5.74) is 1.53. The highest BCUT2D eigenvalue weighted by Crippen LogP contribution is 2.24. The third kappa shape index (κ3) is 5.35. The summed E-state index contributed by atoms with van der Waals surface area (Å²) in [6, 6.07) is 15.2. The van der Waals surface area contributed by atoms with E-state index in [4.69, 9.17) is 5.11 Å². The predicted octanol–water partition coefficient (Wildman–Crippen LogP) is 2.51. The van der Waals surface area contributed by atoms with E-state index >= 15 is 0 Å². The molecule has 0 aliphatic carbocycles. The van der Waals surface area contributed by atoms with Crippen LogP contribution in [0.1, 0.15) is 18.0 Å². The van der Waals surface area contributed by atoms with Crippen LogP contribution in [0.4, 0.5) is 10.1 Å². The van der Waals surface area contributed by atoms with Crippen molar-refractivity contribution >= 4 is 11.6 Å². The van der Waals surface area contributed by atoms with Crippen molar-refractivity contribution in [2.24, 2.45) is 0 Å². The van der Waals surface area contributed by atoms with Crippen LogP contribution in [0.15, 0.2) is 54.6 Å². The highest BCUT2D eigenvalue weighted by atomic mass is 19.1. The van der Waals surface area contributed by atoms with Gasteiger partial charge in [-0.15, -0.1) is 0 Å². The summed E-state index contributed by atoms with van der Waals surface area (Å²) in [6.07, 6.45) is 0.771. The Bertz CT molecular complexity index is 716. The number of hydrogen-bond donors (Lipinski definition) is 2. The Morgan fingerprint density at radius 2 is 1.70 bits per heavy atom. The fourth-order valence-corrected chi connectivity index (χ4v) is 3.45. The minimum absolute atomic E-state index is 0.114. The zero-order chi connectivity index (χ0) is 19.1. The molecule has 1 heterocycles. The zero-order valence-corrected chi connectivity index (χ0v) is 15.4. The molecule has 1 unspecified atom stereocenters. The Morgan fingerprint density at radius 3 is 2.33 bits per heavy atom. The number of carbonyl (C=O) groups excluding carboxylic acids is 1. The monoisotopic (exact) mass is 371 g/mol. The molecular formula is C21H26FN3O2. The van der Waals surface area contributed by atoms with Crippen LogP contribution < -0.4 is 5.32 Å². The lowest BCUT2D eigenvalue weighted by atomic mass is 10.0. The van der Waals surface area contributed by atoms with Crippen molar-refractivity contribution in [3.8, 4) is 0 Å². The molecule has 27 heavy (non-hydrogen) atoms. The first kappa shape index (κ1) is 19.5. The largest absolute Gasteiger partial charge is 0.396 e. The minimum Gasteiger partial charge on any atom is -0.396 e. The van der Waals surface area contributed by atoms with Gasteiger partial charge in [0.25, 0.3) is 0 Å². The smallest absolute Gasteiger partial charge is 0.246 e. The van der Waals surface area contributed by atoms with Gasteiger partial charge in [-0.2, -0.15) is 0 Å². The van der Waals surface area contributed by atoms with E-state index in [9.17, 15) is 9.18 Å². The van der Waals surface area contributed by atoms with Crippen LogP contribution >= 0.6 is 0 Å². The molecule has 5 nitrogen and oxygen atoms in total. The average Bonchev–Trinajstić information content (AvgIpc) is 2.70. The van der Waals surface area contributed by atoms with E-state index in [1.54, 1.807) is 12.1 Å². The van der Waals surface area contributed by atoms with E-state index in [-0.39, 0.29) is 18.3 Å². The Kier molecular flexibility index (Phi) is 6.92. The fourth-order valence-electron chi connectivity index (χ4n) is 3.45. The lowest BCUT2D eigenvalue weighted by Crippen LogP contribution is -2.50. The van der Waals surface area contributed by atoms with Crippen molar-refractivity contribution < 1.29 is 14.3 Å². The summed E-state index contributed by atoms with van der Waals surface area (Å²) in [6.45, 7) is 4.37. The summed E-state index contributed by atoms with van der Waals surface area (Å²) in [7, 11) is 0. The van der Waals surface area contributed by atoms with E-state index in [0.717, 1.165) is 44.7 Å². The van der Waals surface area contributed by atoms with Crippen molar-refractivity contribution in [3.05, 3.63) is 66.0 Å². The van der Waals surface area contributed by atoms with Crippen molar-refractivity contribution in [1.82, 2.24) is 9.80 Å². The van der Waals surface area contributed by atoms with Gasteiger partial charge in [-0.05, 0) is 36.2 Å². The molecule has 0 bridgehead atoms. The molecule has 2 N–H and O–H groups in total. The standard InChI is InChI=1S/C21H26FN3O2/c22-18-7-9-19(10-8-18)23-21(27)20(17-5-2-1-3-6-17)25-14-12-24(13-15-25)11-4-16-26/h1-3,5-10,20,26H,4,11-16H2,(H,23,27). The molecule has 1 aliphatic heterocycles. The van der Waals surface area contributed by atoms with E-state index < -0.39 is 6.04 Å². The second-order valence-corrected chi connectivity index (χ2v) is 6.76. The molecule has 0 spiro atoms. The lowest BCUT2D eigenvalue weighted by molar-refractivity contribution is -0.122. The van der Waals surface area contributed by atoms with Crippen LogP contribution in [0.3, 0.4) is 0 Å². The Hall–Kier alpha value is -2.28. The molecule has 1 saturated heterocycles. The molecule has 2 aromatic rings. The van der Waals surface area contributed by atoms with Gasteiger partial charge in [-0.3, -0.25) is 9.69 Å². The molecule has 6 heteroatoms. The highest BCUT2D eigenvalue weighted by molar-refractivity contribution is 5.95. The summed E-state index contributed by atoms with van der Waals surface area (Å²) < 4.78 is 13.1. The van der Waals surface area contributed by atoms with E-state index in [1.165, 1.54) is 12.1 Å². The van der Waals surface area contributed by atoms with Crippen LogP contribution in [0, 0.1) is 5.82 Å². The first-order chi connectivity index (χ1) is 13.2. The second kappa shape index (κ2) is 9.60. The van der Waals surface area contributed by atoms with Gasteiger partial charge in [-0.25, -0.2) is 4.39 Å². The minimum atomic E-state index is -0.392. The van der Waals surface area contributed by atoms with Crippen molar-refractivity contribution in [3.63, 3.8) is 0 Å². The molecular weight excluding hydrogens is 345 g/mol. The van der Waals surface area contributed by atoms with Crippen LogP contribution in [-0.2, 0) is 4.79 Å². The molecule has 3 rings (SSSR count). The maximum Gasteiger partial charge on any atom is 0.246 e. The first-order valence-electron chi connectivity index (χ1n) is 9.36. The number of amides is 1. The maximum absolute atomic E-state index is 13.1. The highest BCUT2D eigenvalue weighted by Gasteiger charge is 2.30. The fraction of sp³-hybridized carbons (Fsp3) is 0.381. The number of halogens is 1. The molecule has 0 aromatic heterocycles. The van der Waals surface area contributed by atoms with Gasteiger partial charge >= 0.3 is 0 Å². The molecule has 0 saturated carbocycles. The summed E-state index contributed by atoms with van der Waals surface area (Å²) >= 11 is 0. The van der Waals surface area contributed by atoms with E-state index in [2.05, 4.69) is 15.1 Å². The molecule has 2 aromatic carbocycles. The van der Waals surface area contributed by atoms with Gasteiger partial charge < -0.3 is 15.3 Å². The van der Waals surface area contributed by atoms with Gasteiger partial charge in [-0.1, -0.05) is 30.3 Å². The number of nitrogens with one attached hydrogen (secondary N) is 1. The maximum atomic E-state index is 13.1. The van der Waals surface area contributed by atoms with Crippen molar-refractivity contribution in [2.45, 2.75) is 12.5 Å². The Balaban J connectivity index is 1.72. The predicted molar refractivity (Wildman–Crippen MR) is 104 cm³/mol. The molecule has 1 atom stereocenters. The molecule has 144 valence electrons. The number of benzene rings is 2. The number of rotatable bonds is 7.